The Balaban J connectivity index is 0.999. The van der Waals surface area contributed by atoms with E-state index in [9.17, 15) is 9.59 Å². The molecule has 0 saturated heterocycles. The monoisotopic (exact) mass is 723 g/mol. The number of rotatable bonds is 26. The van der Waals surface area contributed by atoms with Crippen LogP contribution in [0, 0.1) is 0 Å². The van der Waals surface area contributed by atoms with Gasteiger partial charge in [-0.1, -0.05) is 151 Å². The summed E-state index contributed by atoms with van der Waals surface area (Å²) in [5.74, 6) is -0.368. The highest BCUT2D eigenvalue weighted by Gasteiger charge is 2.44. The summed E-state index contributed by atoms with van der Waals surface area (Å²) < 4.78 is 10.3. The Labute approximate surface area is 315 Å². The van der Waals surface area contributed by atoms with Crippen molar-refractivity contribution in [2.45, 2.75) is 129 Å². The minimum Gasteiger partial charge on any atom is -0.489 e. The fourth-order valence-corrected chi connectivity index (χ4v) is 12.3. The van der Waals surface area contributed by atoms with E-state index in [0.717, 1.165) is 12.8 Å². The van der Waals surface area contributed by atoms with Gasteiger partial charge < -0.3 is 9.47 Å². The van der Waals surface area contributed by atoms with Crippen molar-refractivity contribution in [2.75, 3.05) is 20.4 Å². The summed E-state index contributed by atoms with van der Waals surface area (Å²) >= 11 is 0. The Hall–Kier alpha value is -3.49. The first-order valence-electron chi connectivity index (χ1n) is 20.2. The van der Waals surface area contributed by atoms with Gasteiger partial charge in [0, 0.05) is 11.1 Å². The van der Waals surface area contributed by atoms with Crippen molar-refractivity contribution < 1.29 is 19.1 Å². The van der Waals surface area contributed by atoms with Crippen molar-refractivity contribution in [1.82, 2.24) is 0 Å². The molecule has 0 saturated carbocycles. The maximum Gasteiger partial charge on any atom is 0.228 e. The number of methoxy groups -OCH3 is 2. The lowest BCUT2D eigenvalue weighted by atomic mass is 9.89. The zero-order valence-electron chi connectivity index (χ0n) is 32.4. The van der Waals surface area contributed by atoms with Gasteiger partial charge in [0.15, 0.2) is 0 Å². The number of hydrogen-bond acceptors (Lipinski definition) is 4. The Kier molecular flexibility index (Phi) is 18.4. The van der Waals surface area contributed by atoms with Gasteiger partial charge in [0.1, 0.15) is 23.2 Å². The Morgan fingerprint density at radius 3 is 1.08 bits per heavy atom. The molecule has 0 N–H and O–H groups in total. The first kappa shape index (κ1) is 41.3. The zero-order chi connectivity index (χ0) is 36.9. The summed E-state index contributed by atoms with van der Waals surface area (Å²) in [5, 5.41) is 4.50. The normalized spacial score (nSPS) is 13.6. The summed E-state index contributed by atoms with van der Waals surface area (Å²) in [6.45, 7) is 1.72. The van der Waals surface area contributed by atoms with Crippen molar-refractivity contribution in [2.24, 2.45) is 0 Å². The van der Waals surface area contributed by atoms with Crippen LogP contribution in [-0.2, 0) is 19.1 Å². The van der Waals surface area contributed by atoms with Crippen LogP contribution >= 0.6 is 7.26 Å². The number of unbranched alkanes of at least 4 members (excludes halogenated alkanes) is 17. The molecule has 3 aromatic rings. The van der Waals surface area contributed by atoms with E-state index in [1.165, 1.54) is 139 Å². The minimum absolute atomic E-state index is 0.0250. The maximum absolute atomic E-state index is 12.8. The number of carbonyl (C=O) groups is 2. The van der Waals surface area contributed by atoms with Crippen molar-refractivity contribution in [1.29, 1.82) is 0 Å². The standard InChI is InChI=1S/C47H64O4P/c1-39-43(45(49)47(51-3)46(50-2)44(39)48)37-29-18-16-14-12-10-8-6-4-5-7-9-11-13-15-17-19-30-38-52(40-31-23-20-24-32-40,41-33-25-21-26-34-41)42-35-27-22-28-36-42/h20-28,31-36H,4-19,29-30,37-38H2,1-3H3/q+1. The Bertz CT molecular complexity index is 1450. The van der Waals surface area contributed by atoms with E-state index in [2.05, 4.69) is 91.0 Å². The molecule has 0 spiro atoms. The largest absolute Gasteiger partial charge is 0.489 e. The lowest BCUT2D eigenvalue weighted by molar-refractivity contribution is -0.121. The molecule has 3 aromatic carbocycles. The van der Waals surface area contributed by atoms with Gasteiger partial charge in [0.2, 0.25) is 23.1 Å². The SMILES string of the molecule is COC1=C(OC)C(=O)C(CCCCCCCCCCCCCCCCCCCC[P+](c2ccccc2)(c2ccccc2)c2ccccc2)=C(C)C1=O. The first-order chi connectivity index (χ1) is 25.5. The van der Waals surface area contributed by atoms with Gasteiger partial charge in [-0.25, -0.2) is 0 Å². The van der Waals surface area contributed by atoms with Crippen LogP contribution in [0.4, 0.5) is 0 Å². The fourth-order valence-electron chi connectivity index (χ4n) is 7.85. The average molecular weight is 724 g/mol. The molecule has 1 aliphatic carbocycles. The van der Waals surface area contributed by atoms with Gasteiger partial charge in [0.05, 0.1) is 20.4 Å². The summed E-state index contributed by atoms with van der Waals surface area (Å²) in [7, 11) is 1.13. The van der Waals surface area contributed by atoms with E-state index in [1.807, 2.05) is 0 Å². The molecule has 0 heterocycles. The summed E-state index contributed by atoms with van der Waals surface area (Å²) in [5.41, 5.74) is 1.09. The number of ketones is 2. The molecule has 0 amide bonds. The molecule has 280 valence electrons. The predicted octanol–water partition coefficient (Wildman–Crippen LogP) is 11.4. The molecule has 1 aliphatic rings. The number of Topliss-reactive ketones (excluding diaryl/α,β-unsaturated/α-hetero) is 2. The lowest BCUT2D eigenvalue weighted by Crippen LogP contribution is -2.33. The van der Waals surface area contributed by atoms with Crippen LogP contribution in [0.3, 0.4) is 0 Å². The van der Waals surface area contributed by atoms with E-state index < -0.39 is 7.26 Å². The molecule has 0 aliphatic heterocycles. The second-order valence-electron chi connectivity index (χ2n) is 14.5. The summed E-state index contributed by atoms with van der Waals surface area (Å²) in [6.07, 6.45) is 25.2. The van der Waals surface area contributed by atoms with E-state index in [-0.39, 0.29) is 23.1 Å². The Morgan fingerprint density at radius 2 is 0.731 bits per heavy atom. The summed E-state index contributed by atoms with van der Waals surface area (Å²) in [4.78, 5) is 25.3. The number of benzene rings is 3. The third-order valence-electron chi connectivity index (χ3n) is 10.9. The number of hydrogen-bond donors (Lipinski definition) is 0. The second kappa shape index (κ2) is 23.2. The third-order valence-corrected chi connectivity index (χ3v) is 15.4. The molecule has 5 heteroatoms. The van der Waals surface area contributed by atoms with E-state index >= 15 is 0 Å². The van der Waals surface area contributed by atoms with Gasteiger partial charge >= 0.3 is 0 Å². The third kappa shape index (κ3) is 11.8. The van der Waals surface area contributed by atoms with Gasteiger partial charge in [-0.15, -0.1) is 0 Å². The molecule has 0 fully saturated rings. The van der Waals surface area contributed by atoms with Crippen LogP contribution in [0.2, 0.25) is 0 Å². The van der Waals surface area contributed by atoms with Gasteiger partial charge in [-0.2, -0.15) is 0 Å². The molecule has 0 bridgehead atoms. The molecular weight excluding hydrogens is 659 g/mol. The maximum atomic E-state index is 12.8. The topological polar surface area (TPSA) is 52.6 Å². The number of allylic oxidation sites excluding steroid dienone is 2. The minimum atomic E-state index is -1.69. The quantitative estimate of drug-likeness (QED) is 0.0470. The first-order valence-corrected chi connectivity index (χ1v) is 22.2. The number of ether oxygens (including phenoxy) is 2. The van der Waals surface area contributed by atoms with Gasteiger partial charge in [0.25, 0.3) is 0 Å². The van der Waals surface area contributed by atoms with Crippen molar-refractivity contribution >= 4 is 34.7 Å². The van der Waals surface area contributed by atoms with E-state index in [0.29, 0.717) is 17.6 Å². The fraction of sp³-hybridized carbons (Fsp3) is 0.489. The molecule has 0 unspecified atom stereocenters. The average Bonchev–Trinajstić information content (AvgIpc) is 3.19. The van der Waals surface area contributed by atoms with Crippen LogP contribution in [-0.4, -0.2) is 31.9 Å². The smallest absolute Gasteiger partial charge is 0.228 e. The molecular formula is C47H64O4P+. The zero-order valence-corrected chi connectivity index (χ0v) is 33.3. The van der Waals surface area contributed by atoms with Crippen LogP contribution in [0.1, 0.15) is 129 Å². The van der Waals surface area contributed by atoms with Crippen LogP contribution in [0.15, 0.2) is 114 Å². The highest BCUT2D eigenvalue weighted by molar-refractivity contribution is 7.95. The molecule has 52 heavy (non-hydrogen) atoms. The van der Waals surface area contributed by atoms with E-state index in [1.54, 1.807) is 6.92 Å². The second-order valence-corrected chi connectivity index (χ2v) is 18.1. The van der Waals surface area contributed by atoms with Crippen LogP contribution in [0.5, 0.6) is 0 Å². The Morgan fingerprint density at radius 1 is 0.423 bits per heavy atom. The molecule has 4 rings (SSSR count). The van der Waals surface area contributed by atoms with Crippen LogP contribution < -0.4 is 15.9 Å². The lowest BCUT2D eigenvalue weighted by Gasteiger charge is -2.27. The summed E-state index contributed by atoms with van der Waals surface area (Å²) in [6, 6.07) is 33.9. The molecule has 0 atom stereocenters. The molecule has 0 radical (unpaired) electrons. The van der Waals surface area contributed by atoms with Gasteiger partial charge in [-0.3, -0.25) is 9.59 Å². The van der Waals surface area contributed by atoms with Crippen molar-refractivity contribution in [3.05, 3.63) is 114 Å². The highest BCUT2D eigenvalue weighted by Crippen LogP contribution is 2.56. The van der Waals surface area contributed by atoms with E-state index in [4.69, 9.17) is 9.47 Å². The van der Waals surface area contributed by atoms with Crippen LogP contribution in [0.25, 0.3) is 0 Å². The van der Waals surface area contributed by atoms with Gasteiger partial charge in [-0.05, 0) is 69.0 Å². The highest BCUT2D eigenvalue weighted by atomic mass is 31.2. The van der Waals surface area contributed by atoms with Crippen molar-refractivity contribution in [3.8, 4) is 0 Å². The number of carbonyl (C=O) groups excluding carboxylic acids is 2. The van der Waals surface area contributed by atoms with Crippen molar-refractivity contribution in [3.63, 3.8) is 0 Å². The predicted molar refractivity (Wildman–Crippen MR) is 221 cm³/mol. The molecule has 0 aromatic heterocycles. The molecule has 4 nitrogen and oxygen atoms in total.